The molecule has 0 heterocycles. The Balaban J connectivity index is 1.91. The van der Waals surface area contributed by atoms with E-state index < -0.39 is 4.92 Å². The summed E-state index contributed by atoms with van der Waals surface area (Å²) in [4.78, 5) is 22.0. The van der Waals surface area contributed by atoms with Crippen molar-refractivity contribution in [2.75, 3.05) is 6.54 Å². The third kappa shape index (κ3) is 3.89. The fourth-order valence-electron chi connectivity index (χ4n) is 2.10. The highest BCUT2D eigenvalue weighted by Crippen LogP contribution is 2.12. The first-order valence-corrected chi connectivity index (χ1v) is 6.82. The van der Waals surface area contributed by atoms with Crippen LogP contribution in [0.4, 0.5) is 5.69 Å². The lowest BCUT2D eigenvalue weighted by atomic mass is 10.1. The van der Waals surface area contributed by atoms with Crippen molar-refractivity contribution in [3.8, 4) is 0 Å². The Morgan fingerprint density at radius 1 is 1.09 bits per heavy atom. The number of benzene rings is 2. The second kappa shape index (κ2) is 7.33. The highest BCUT2D eigenvalue weighted by molar-refractivity contribution is 5.94. The predicted octanol–water partition coefficient (Wildman–Crippen LogP) is 2.06. The fourth-order valence-corrected chi connectivity index (χ4v) is 2.10. The van der Waals surface area contributed by atoms with Crippen LogP contribution in [0, 0.1) is 10.1 Å². The Kier molecular flexibility index (Phi) is 5.21. The summed E-state index contributed by atoms with van der Waals surface area (Å²) in [6, 6.07) is 12.9. The Bertz CT molecular complexity index is 668. The molecule has 2 aromatic carbocycles. The minimum absolute atomic E-state index is 0.0352. The van der Waals surface area contributed by atoms with Crippen molar-refractivity contribution in [1.29, 1.82) is 0 Å². The molecule has 0 unspecified atom stereocenters. The highest BCUT2D eigenvalue weighted by Gasteiger charge is 2.09. The number of aliphatic hydroxyl groups is 1. The first kappa shape index (κ1) is 15.7. The average molecular weight is 300 g/mol. The summed E-state index contributed by atoms with van der Waals surface area (Å²) in [6.45, 7) is 0.388. The Hall–Kier alpha value is -2.73. The van der Waals surface area contributed by atoms with E-state index in [-0.39, 0.29) is 18.2 Å². The molecular weight excluding hydrogens is 284 g/mol. The summed E-state index contributed by atoms with van der Waals surface area (Å²) in [5.41, 5.74) is 2.15. The largest absolute Gasteiger partial charge is 0.392 e. The van der Waals surface area contributed by atoms with Gasteiger partial charge in [0.25, 0.3) is 11.6 Å². The van der Waals surface area contributed by atoms with Gasteiger partial charge in [0.15, 0.2) is 0 Å². The van der Waals surface area contributed by atoms with Crippen molar-refractivity contribution in [2.24, 2.45) is 0 Å². The van der Waals surface area contributed by atoms with E-state index in [1.165, 1.54) is 24.3 Å². The van der Waals surface area contributed by atoms with E-state index in [4.69, 9.17) is 0 Å². The highest BCUT2D eigenvalue weighted by atomic mass is 16.6. The Morgan fingerprint density at radius 2 is 1.73 bits per heavy atom. The number of nitro groups is 1. The fraction of sp³-hybridized carbons (Fsp3) is 0.188. The minimum atomic E-state index is -0.506. The second-order valence-corrected chi connectivity index (χ2v) is 4.74. The summed E-state index contributed by atoms with van der Waals surface area (Å²) in [6.07, 6.45) is 0.607. The molecule has 0 bridgehead atoms. The lowest BCUT2D eigenvalue weighted by molar-refractivity contribution is -0.384. The Morgan fingerprint density at radius 3 is 2.32 bits per heavy atom. The van der Waals surface area contributed by atoms with Crippen LogP contribution in [0.2, 0.25) is 0 Å². The molecule has 0 saturated carbocycles. The first-order chi connectivity index (χ1) is 10.6. The van der Waals surface area contributed by atoms with Crippen LogP contribution in [-0.2, 0) is 13.0 Å². The Labute approximate surface area is 127 Å². The first-order valence-electron chi connectivity index (χ1n) is 6.82. The number of hydrogen-bond donors (Lipinski definition) is 2. The molecule has 0 radical (unpaired) electrons. The number of aliphatic hydroxyl groups excluding tert-OH is 1. The molecule has 114 valence electrons. The van der Waals surface area contributed by atoms with Crippen LogP contribution in [-0.4, -0.2) is 22.5 Å². The molecule has 22 heavy (non-hydrogen) atoms. The predicted molar refractivity (Wildman–Crippen MR) is 81.5 cm³/mol. The van der Waals surface area contributed by atoms with Gasteiger partial charge < -0.3 is 10.4 Å². The van der Waals surface area contributed by atoms with E-state index in [0.29, 0.717) is 18.5 Å². The standard InChI is InChI=1S/C16H16N2O4/c19-11-14-4-2-1-3-12(14)9-10-17-16(20)13-5-7-15(8-6-13)18(21)22/h1-8,19H,9-11H2,(H,17,20). The van der Waals surface area contributed by atoms with Gasteiger partial charge in [0, 0.05) is 24.2 Å². The van der Waals surface area contributed by atoms with E-state index in [2.05, 4.69) is 5.32 Å². The number of carbonyl (C=O) groups is 1. The topological polar surface area (TPSA) is 92.5 Å². The van der Waals surface area contributed by atoms with Gasteiger partial charge in [-0.25, -0.2) is 0 Å². The number of hydrogen-bond acceptors (Lipinski definition) is 4. The molecule has 0 aliphatic carbocycles. The molecule has 2 aromatic rings. The van der Waals surface area contributed by atoms with E-state index >= 15 is 0 Å². The number of rotatable bonds is 6. The van der Waals surface area contributed by atoms with Gasteiger partial charge in [-0.2, -0.15) is 0 Å². The molecule has 1 amide bonds. The normalized spacial score (nSPS) is 10.2. The zero-order valence-electron chi connectivity index (χ0n) is 11.9. The van der Waals surface area contributed by atoms with Crippen LogP contribution >= 0.6 is 0 Å². The summed E-state index contributed by atoms with van der Waals surface area (Å²) in [5.74, 6) is -0.281. The molecule has 0 saturated heterocycles. The van der Waals surface area contributed by atoms with Gasteiger partial charge in [-0.1, -0.05) is 24.3 Å². The molecule has 0 aliphatic heterocycles. The third-order valence-electron chi connectivity index (χ3n) is 3.31. The van der Waals surface area contributed by atoms with E-state index in [9.17, 15) is 20.0 Å². The van der Waals surface area contributed by atoms with Crippen molar-refractivity contribution in [2.45, 2.75) is 13.0 Å². The lowest BCUT2D eigenvalue weighted by Gasteiger charge is -2.08. The van der Waals surface area contributed by atoms with Gasteiger partial charge in [0.1, 0.15) is 0 Å². The van der Waals surface area contributed by atoms with Crippen molar-refractivity contribution in [3.63, 3.8) is 0 Å². The number of nitro benzene ring substituents is 1. The van der Waals surface area contributed by atoms with Crippen LogP contribution in [0.25, 0.3) is 0 Å². The molecule has 0 aliphatic rings. The monoisotopic (exact) mass is 300 g/mol. The lowest BCUT2D eigenvalue weighted by Crippen LogP contribution is -2.25. The van der Waals surface area contributed by atoms with Crippen LogP contribution in [0.5, 0.6) is 0 Å². The molecule has 0 fully saturated rings. The molecule has 2 rings (SSSR count). The van der Waals surface area contributed by atoms with Gasteiger partial charge in [-0.3, -0.25) is 14.9 Å². The molecule has 6 nitrogen and oxygen atoms in total. The van der Waals surface area contributed by atoms with Crippen molar-refractivity contribution in [3.05, 3.63) is 75.3 Å². The number of carbonyl (C=O) groups excluding carboxylic acids is 1. The van der Waals surface area contributed by atoms with Gasteiger partial charge >= 0.3 is 0 Å². The van der Waals surface area contributed by atoms with E-state index in [1.54, 1.807) is 0 Å². The maximum atomic E-state index is 11.9. The number of non-ortho nitro benzene ring substituents is 1. The summed E-state index contributed by atoms with van der Waals surface area (Å²) in [7, 11) is 0. The van der Waals surface area contributed by atoms with Crippen molar-refractivity contribution < 1.29 is 14.8 Å². The zero-order chi connectivity index (χ0) is 15.9. The van der Waals surface area contributed by atoms with Crippen molar-refractivity contribution >= 4 is 11.6 Å². The molecule has 6 heteroatoms. The maximum Gasteiger partial charge on any atom is 0.269 e. The van der Waals surface area contributed by atoms with E-state index in [1.807, 2.05) is 24.3 Å². The van der Waals surface area contributed by atoms with Crippen LogP contribution in [0.1, 0.15) is 21.5 Å². The smallest absolute Gasteiger partial charge is 0.269 e. The number of amides is 1. The molecule has 0 spiro atoms. The summed E-state index contributed by atoms with van der Waals surface area (Å²) < 4.78 is 0. The van der Waals surface area contributed by atoms with Gasteiger partial charge in [0.05, 0.1) is 11.5 Å². The number of nitrogens with one attached hydrogen (secondary N) is 1. The minimum Gasteiger partial charge on any atom is -0.392 e. The molecule has 0 aromatic heterocycles. The quantitative estimate of drug-likeness (QED) is 0.631. The van der Waals surface area contributed by atoms with Gasteiger partial charge in [-0.05, 0) is 29.7 Å². The van der Waals surface area contributed by atoms with Crippen LogP contribution < -0.4 is 5.32 Å². The molecule has 2 N–H and O–H groups in total. The van der Waals surface area contributed by atoms with Gasteiger partial charge in [-0.15, -0.1) is 0 Å². The number of nitrogens with zero attached hydrogens (tertiary/aromatic N) is 1. The van der Waals surface area contributed by atoms with Crippen LogP contribution in [0.15, 0.2) is 48.5 Å². The SMILES string of the molecule is O=C(NCCc1ccccc1CO)c1ccc([N+](=O)[O-])cc1. The summed E-state index contributed by atoms with van der Waals surface area (Å²) in [5, 5.41) is 22.5. The molecular formula is C16H16N2O4. The third-order valence-corrected chi connectivity index (χ3v) is 3.31. The zero-order valence-corrected chi connectivity index (χ0v) is 11.9. The second-order valence-electron chi connectivity index (χ2n) is 4.74. The average Bonchev–Trinajstić information content (AvgIpc) is 2.55. The molecule has 0 atom stereocenters. The summed E-state index contributed by atoms with van der Waals surface area (Å²) >= 11 is 0. The maximum absolute atomic E-state index is 11.9. The van der Waals surface area contributed by atoms with Gasteiger partial charge in [0.2, 0.25) is 0 Å². The van der Waals surface area contributed by atoms with Crippen LogP contribution in [0.3, 0.4) is 0 Å². The van der Waals surface area contributed by atoms with Crippen molar-refractivity contribution in [1.82, 2.24) is 5.32 Å². The van der Waals surface area contributed by atoms with E-state index in [0.717, 1.165) is 11.1 Å².